The molecule has 0 spiro atoms. The molecule has 5 atom stereocenters. The van der Waals surface area contributed by atoms with Gasteiger partial charge in [-0.15, -0.1) is 5.20 Å². The monoisotopic (exact) mass is 345 g/mol. The molecule has 1 aliphatic rings. The standard InChI is InChI=1S/C8H22BN3O7P2/c1-5(2)20(13,14)19-6-3-8(9)18-7(6)4-17-21(15,16)12-11-10/h5-8,11H,3-4,9-10H2,1-2H3,(H,13,14)(H2,12,15,16)/t6-,7+,8+/m0/s1. The van der Waals surface area contributed by atoms with Gasteiger partial charge in [-0.3, -0.25) is 14.9 Å². The molecule has 0 amide bonds. The lowest BCUT2D eigenvalue weighted by atomic mass is 9.96. The highest BCUT2D eigenvalue weighted by Crippen LogP contribution is 2.50. The second-order valence-electron chi connectivity index (χ2n) is 5.09. The molecule has 0 aromatic carbocycles. The van der Waals surface area contributed by atoms with E-state index in [0.717, 1.165) is 0 Å². The summed E-state index contributed by atoms with van der Waals surface area (Å²) in [4.78, 5) is 19.1. The number of nitrogens with one attached hydrogen (secondary N) is 2. The molecule has 1 saturated heterocycles. The Labute approximate surface area is 124 Å². The molecule has 0 radical (unpaired) electrons. The van der Waals surface area contributed by atoms with Crippen molar-refractivity contribution in [3.63, 3.8) is 0 Å². The zero-order chi connectivity index (χ0) is 16.3. The third-order valence-electron chi connectivity index (χ3n) is 2.94. The van der Waals surface area contributed by atoms with Crippen LogP contribution in [0, 0.1) is 0 Å². The zero-order valence-corrected chi connectivity index (χ0v) is 13.9. The van der Waals surface area contributed by atoms with Gasteiger partial charge >= 0.3 is 15.3 Å². The Hall–Kier alpha value is 0.205. The Morgan fingerprint density at radius 3 is 2.62 bits per heavy atom. The number of rotatable bonds is 8. The lowest BCUT2D eigenvalue weighted by Crippen LogP contribution is -2.37. The maximum absolute atomic E-state index is 11.9. The summed E-state index contributed by atoms with van der Waals surface area (Å²) in [6.07, 6.45) is -1.02. The molecule has 1 fully saturated rings. The highest BCUT2D eigenvalue weighted by Gasteiger charge is 2.40. The Kier molecular flexibility index (Phi) is 7.02. The van der Waals surface area contributed by atoms with Crippen molar-refractivity contribution >= 4 is 23.2 Å². The minimum atomic E-state index is -4.11. The Morgan fingerprint density at radius 2 is 2.10 bits per heavy atom. The van der Waals surface area contributed by atoms with Gasteiger partial charge in [-0.25, -0.2) is 4.57 Å². The van der Waals surface area contributed by atoms with E-state index >= 15 is 0 Å². The average molecular weight is 345 g/mol. The molecule has 0 bridgehead atoms. The predicted molar refractivity (Wildman–Crippen MR) is 77.9 cm³/mol. The van der Waals surface area contributed by atoms with Crippen LogP contribution in [-0.2, 0) is 22.9 Å². The van der Waals surface area contributed by atoms with Crippen molar-refractivity contribution in [1.29, 1.82) is 0 Å². The third kappa shape index (κ3) is 6.07. The Balaban J connectivity index is 2.63. The maximum Gasteiger partial charge on any atom is 0.417 e. The summed E-state index contributed by atoms with van der Waals surface area (Å²) in [6, 6.07) is -0.213. The van der Waals surface area contributed by atoms with Crippen LogP contribution in [0.15, 0.2) is 0 Å². The van der Waals surface area contributed by atoms with Crippen LogP contribution in [0.5, 0.6) is 0 Å². The molecule has 2 unspecified atom stereocenters. The third-order valence-corrected chi connectivity index (χ3v) is 5.73. The van der Waals surface area contributed by atoms with Crippen LogP contribution < -0.4 is 16.6 Å². The van der Waals surface area contributed by atoms with Crippen LogP contribution in [0.4, 0.5) is 0 Å². The van der Waals surface area contributed by atoms with Crippen LogP contribution in [0.25, 0.3) is 0 Å². The summed E-state index contributed by atoms with van der Waals surface area (Å²) >= 11 is 0. The maximum atomic E-state index is 11.9. The van der Waals surface area contributed by atoms with Gasteiger partial charge in [0.1, 0.15) is 14.0 Å². The highest BCUT2D eigenvalue weighted by molar-refractivity contribution is 7.53. The van der Waals surface area contributed by atoms with Gasteiger partial charge in [0.15, 0.2) is 0 Å². The van der Waals surface area contributed by atoms with Gasteiger partial charge in [-0.05, 0) is 6.42 Å². The van der Waals surface area contributed by atoms with E-state index in [1.807, 2.05) is 10.7 Å². The summed E-state index contributed by atoms with van der Waals surface area (Å²) < 4.78 is 38.9. The molecular formula is C8H22BN3O7P2. The number of ether oxygens (including phenoxy) is 1. The number of hydrazine groups is 2. The molecule has 1 rings (SSSR count). The van der Waals surface area contributed by atoms with E-state index in [1.165, 1.54) is 0 Å². The first kappa shape index (κ1) is 19.3. The molecule has 0 saturated carbocycles. The lowest BCUT2D eigenvalue weighted by Gasteiger charge is -2.24. The van der Waals surface area contributed by atoms with Crippen LogP contribution in [0.3, 0.4) is 0 Å². The fourth-order valence-electron chi connectivity index (χ4n) is 1.78. The Morgan fingerprint density at radius 1 is 1.48 bits per heavy atom. The van der Waals surface area contributed by atoms with Gasteiger partial charge in [-0.2, -0.15) is 5.53 Å². The second kappa shape index (κ2) is 7.65. The van der Waals surface area contributed by atoms with Gasteiger partial charge in [0.25, 0.3) is 0 Å². The van der Waals surface area contributed by atoms with Crippen LogP contribution in [0.1, 0.15) is 20.3 Å². The molecular weight excluding hydrogens is 323 g/mol. The van der Waals surface area contributed by atoms with Crippen molar-refractivity contribution < 1.29 is 32.7 Å². The molecule has 0 aromatic rings. The molecule has 10 nitrogen and oxygen atoms in total. The van der Waals surface area contributed by atoms with E-state index in [4.69, 9.17) is 19.6 Å². The van der Waals surface area contributed by atoms with Crippen LogP contribution >= 0.6 is 15.3 Å². The van der Waals surface area contributed by atoms with E-state index in [9.17, 15) is 18.9 Å². The summed E-state index contributed by atoms with van der Waals surface area (Å²) in [5, 5.41) is 1.85. The highest BCUT2D eigenvalue weighted by atomic mass is 31.2. The molecule has 21 heavy (non-hydrogen) atoms. The first-order chi connectivity index (χ1) is 9.57. The van der Waals surface area contributed by atoms with E-state index in [0.29, 0.717) is 6.42 Å². The average Bonchev–Trinajstić information content (AvgIpc) is 2.66. The first-order valence-corrected chi connectivity index (χ1v) is 9.66. The smallest absolute Gasteiger partial charge is 0.379 e. The molecule has 0 aliphatic carbocycles. The summed E-state index contributed by atoms with van der Waals surface area (Å²) in [7, 11) is -6.11. The van der Waals surface area contributed by atoms with E-state index in [1.54, 1.807) is 21.7 Å². The van der Waals surface area contributed by atoms with Gasteiger partial charge in [0.2, 0.25) is 0 Å². The van der Waals surface area contributed by atoms with Gasteiger partial charge in [0.05, 0.1) is 18.4 Å². The minimum Gasteiger partial charge on any atom is -0.379 e. The minimum absolute atomic E-state index is 0.213. The van der Waals surface area contributed by atoms with E-state index in [2.05, 4.69) is 0 Å². The topological polar surface area (TPSA) is 152 Å². The van der Waals surface area contributed by atoms with Crippen LogP contribution in [0.2, 0.25) is 0 Å². The van der Waals surface area contributed by atoms with Crippen molar-refractivity contribution in [2.45, 2.75) is 44.1 Å². The zero-order valence-electron chi connectivity index (χ0n) is 12.1. The number of hydrogen-bond acceptors (Lipinski definition) is 7. The van der Waals surface area contributed by atoms with Gasteiger partial charge in [-0.1, -0.05) is 13.8 Å². The predicted octanol–water partition coefficient (Wildman–Crippen LogP) is -1.20. The second-order valence-corrected chi connectivity index (χ2v) is 8.99. The van der Waals surface area contributed by atoms with Crippen molar-refractivity contribution in [2.75, 3.05) is 6.61 Å². The molecule has 1 aliphatic heterocycles. The summed E-state index contributed by atoms with van der Waals surface area (Å²) in [6.45, 7) is 2.87. The SMILES string of the molecule is B[C@H]1C[C@H](OP(=O)(O)C(C)C)[C@@H](COP(=O)(O)NNN)O1. The van der Waals surface area contributed by atoms with E-state index < -0.39 is 33.2 Å². The fraction of sp³-hybridized carbons (Fsp3) is 1.00. The molecule has 0 aromatic heterocycles. The van der Waals surface area contributed by atoms with Crippen molar-refractivity contribution in [1.82, 2.24) is 10.7 Å². The Bertz CT molecular complexity index is 440. The summed E-state index contributed by atoms with van der Waals surface area (Å²) in [5.41, 5.74) is 1.26. The number of nitrogens with two attached hydrogens (primary N) is 1. The summed E-state index contributed by atoms with van der Waals surface area (Å²) in [5.74, 6) is 4.87. The van der Waals surface area contributed by atoms with Gasteiger partial charge < -0.3 is 19.0 Å². The van der Waals surface area contributed by atoms with Crippen molar-refractivity contribution in [3.8, 4) is 0 Å². The lowest BCUT2D eigenvalue weighted by molar-refractivity contribution is 0.00397. The first-order valence-electron chi connectivity index (χ1n) is 6.44. The molecule has 6 N–H and O–H groups in total. The van der Waals surface area contributed by atoms with Crippen molar-refractivity contribution in [2.24, 2.45) is 5.84 Å². The van der Waals surface area contributed by atoms with Gasteiger partial charge in [0, 0.05) is 6.00 Å². The fourth-order valence-corrected chi connectivity index (χ4v) is 3.21. The van der Waals surface area contributed by atoms with Crippen molar-refractivity contribution in [3.05, 3.63) is 0 Å². The van der Waals surface area contributed by atoms with E-state index in [-0.39, 0.29) is 12.6 Å². The quantitative estimate of drug-likeness (QED) is 0.157. The molecule has 13 heteroatoms. The number of hydrogen-bond donors (Lipinski definition) is 5. The normalized spacial score (nSPS) is 32.0. The van der Waals surface area contributed by atoms with Crippen LogP contribution in [-0.4, -0.2) is 48.1 Å². The molecule has 1 heterocycles. The largest absolute Gasteiger partial charge is 0.417 e. The molecule has 124 valence electrons.